The fourth-order valence-corrected chi connectivity index (χ4v) is 3.14. The summed E-state index contributed by atoms with van der Waals surface area (Å²) in [5.41, 5.74) is 9.20. The standard InChI is InChI=1S/C21H17BrN4/c1-2-14-3-8-19-18(13-14)20(15-9-11-23-12-10-15)25-26-21(24-19)16-4-6-17(22)7-5-16/h3-13H,2H2,1H3,(H,24,26). The molecule has 3 aromatic rings. The van der Waals surface area contributed by atoms with Crippen LogP contribution < -0.4 is 5.43 Å². The number of hydrogen-bond acceptors (Lipinski definition) is 4. The van der Waals surface area contributed by atoms with Crippen LogP contribution in [0.15, 0.2) is 81.6 Å². The van der Waals surface area contributed by atoms with Crippen molar-refractivity contribution in [2.75, 3.05) is 0 Å². The zero-order valence-corrected chi connectivity index (χ0v) is 15.9. The lowest BCUT2D eigenvalue weighted by atomic mass is 9.98. The first-order valence-electron chi connectivity index (χ1n) is 8.46. The normalized spacial score (nSPS) is 13.2. The number of fused-ring (bicyclic) bond motifs is 1. The Hall–Kier alpha value is -2.79. The minimum atomic E-state index is 0.729. The van der Waals surface area contributed by atoms with Crippen molar-refractivity contribution < 1.29 is 0 Å². The van der Waals surface area contributed by atoms with Gasteiger partial charge in [-0.3, -0.25) is 10.4 Å². The van der Waals surface area contributed by atoms with Crippen LogP contribution in [-0.2, 0) is 6.42 Å². The van der Waals surface area contributed by atoms with E-state index in [-0.39, 0.29) is 0 Å². The Labute approximate surface area is 160 Å². The quantitative estimate of drug-likeness (QED) is 0.678. The fraction of sp³-hybridized carbons (Fsp3) is 0.0952. The van der Waals surface area contributed by atoms with E-state index >= 15 is 0 Å². The number of hydrogen-bond donors (Lipinski definition) is 1. The van der Waals surface area contributed by atoms with Crippen molar-refractivity contribution in [2.24, 2.45) is 10.1 Å². The van der Waals surface area contributed by atoms with Gasteiger partial charge in [0.05, 0.1) is 5.69 Å². The molecule has 0 saturated heterocycles. The summed E-state index contributed by atoms with van der Waals surface area (Å²) in [5.74, 6) is 0.729. The van der Waals surface area contributed by atoms with Crippen LogP contribution in [0.2, 0.25) is 0 Å². The molecule has 0 amide bonds. The molecule has 0 atom stereocenters. The van der Waals surface area contributed by atoms with Gasteiger partial charge in [0.25, 0.3) is 0 Å². The molecule has 0 unspecified atom stereocenters. The molecule has 128 valence electrons. The highest BCUT2D eigenvalue weighted by molar-refractivity contribution is 9.10. The van der Waals surface area contributed by atoms with E-state index in [1.165, 1.54) is 5.56 Å². The Morgan fingerprint density at radius 1 is 0.923 bits per heavy atom. The molecule has 5 heteroatoms. The van der Waals surface area contributed by atoms with Crippen LogP contribution in [0, 0.1) is 0 Å². The first-order valence-corrected chi connectivity index (χ1v) is 9.26. The smallest absolute Gasteiger partial charge is 0.154 e. The van der Waals surface area contributed by atoms with Crippen LogP contribution in [0.4, 0.5) is 5.69 Å². The van der Waals surface area contributed by atoms with Gasteiger partial charge in [0.1, 0.15) is 5.71 Å². The monoisotopic (exact) mass is 404 g/mol. The van der Waals surface area contributed by atoms with Gasteiger partial charge in [-0.1, -0.05) is 41.1 Å². The molecule has 0 spiro atoms. The van der Waals surface area contributed by atoms with Crippen molar-refractivity contribution in [1.29, 1.82) is 0 Å². The van der Waals surface area contributed by atoms with Crippen LogP contribution in [0.1, 0.15) is 29.2 Å². The third-order valence-electron chi connectivity index (χ3n) is 4.30. The van der Waals surface area contributed by atoms with Gasteiger partial charge in [-0.05, 0) is 48.4 Å². The molecule has 1 aromatic heterocycles. The van der Waals surface area contributed by atoms with Gasteiger partial charge in [-0.2, -0.15) is 5.10 Å². The van der Waals surface area contributed by atoms with E-state index in [0.29, 0.717) is 0 Å². The molecule has 1 aliphatic rings. The van der Waals surface area contributed by atoms with Crippen molar-refractivity contribution in [2.45, 2.75) is 13.3 Å². The Bertz CT molecular complexity index is 992. The van der Waals surface area contributed by atoms with Crippen LogP contribution in [0.5, 0.6) is 0 Å². The van der Waals surface area contributed by atoms with E-state index in [4.69, 9.17) is 4.99 Å². The van der Waals surface area contributed by atoms with Gasteiger partial charge in [-0.25, -0.2) is 4.99 Å². The number of benzene rings is 2. The zero-order valence-electron chi connectivity index (χ0n) is 14.3. The van der Waals surface area contributed by atoms with Gasteiger partial charge >= 0.3 is 0 Å². The van der Waals surface area contributed by atoms with Crippen molar-refractivity contribution in [3.63, 3.8) is 0 Å². The maximum Gasteiger partial charge on any atom is 0.154 e. The average molecular weight is 405 g/mol. The first kappa shape index (κ1) is 16.7. The van der Waals surface area contributed by atoms with Crippen molar-refractivity contribution in [3.8, 4) is 0 Å². The van der Waals surface area contributed by atoms with Crippen molar-refractivity contribution in [1.82, 2.24) is 10.4 Å². The Balaban J connectivity index is 1.87. The van der Waals surface area contributed by atoms with Gasteiger partial charge in [0.15, 0.2) is 5.84 Å². The number of rotatable bonds is 3. The largest absolute Gasteiger partial charge is 0.265 e. The summed E-state index contributed by atoms with van der Waals surface area (Å²) in [4.78, 5) is 8.97. The lowest BCUT2D eigenvalue weighted by molar-refractivity contribution is 1.03. The number of hydrazone groups is 1. The van der Waals surface area contributed by atoms with E-state index in [1.807, 2.05) is 36.4 Å². The number of aromatic nitrogens is 1. The van der Waals surface area contributed by atoms with Crippen LogP contribution in [0.3, 0.4) is 0 Å². The summed E-state index contributed by atoms with van der Waals surface area (Å²) in [6.07, 6.45) is 4.53. The molecule has 2 heterocycles. The second-order valence-electron chi connectivity index (χ2n) is 5.98. The fourth-order valence-electron chi connectivity index (χ4n) is 2.87. The third-order valence-corrected chi connectivity index (χ3v) is 4.83. The molecule has 0 radical (unpaired) electrons. The highest BCUT2D eigenvalue weighted by atomic mass is 79.9. The summed E-state index contributed by atoms with van der Waals surface area (Å²) < 4.78 is 1.03. The highest BCUT2D eigenvalue weighted by Crippen LogP contribution is 2.27. The molecule has 0 saturated carbocycles. The molecular weight excluding hydrogens is 388 g/mol. The summed E-state index contributed by atoms with van der Waals surface area (Å²) >= 11 is 3.47. The van der Waals surface area contributed by atoms with Crippen LogP contribution in [-0.4, -0.2) is 16.5 Å². The van der Waals surface area contributed by atoms with Crippen LogP contribution in [0.25, 0.3) is 0 Å². The van der Waals surface area contributed by atoms with Crippen molar-refractivity contribution in [3.05, 3.63) is 93.7 Å². The third kappa shape index (κ3) is 3.30. The molecule has 0 fully saturated rings. The van der Waals surface area contributed by atoms with Crippen LogP contribution >= 0.6 is 15.9 Å². The number of aliphatic imine (C=N–C) groups is 1. The number of nitrogens with one attached hydrogen (secondary N) is 1. The molecule has 26 heavy (non-hydrogen) atoms. The van der Waals surface area contributed by atoms with E-state index < -0.39 is 0 Å². The predicted octanol–water partition coefficient (Wildman–Crippen LogP) is 4.84. The average Bonchev–Trinajstić information content (AvgIpc) is 2.88. The summed E-state index contributed by atoms with van der Waals surface area (Å²) in [5, 5.41) is 4.69. The van der Waals surface area contributed by atoms with Gasteiger partial charge in [0.2, 0.25) is 0 Å². The topological polar surface area (TPSA) is 49.6 Å². The first-order chi connectivity index (χ1) is 12.7. The maximum absolute atomic E-state index is 4.85. The number of nitrogens with zero attached hydrogens (tertiary/aromatic N) is 3. The second kappa shape index (κ2) is 7.22. The van der Waals surface area contributed by atoms with Gasteiger partial charge < -0.3 is 0 Å². The highest BCUT2D eigenvalue weighted by Gasteiger charge is 2.17. The van der Waals surface area contributed by atoms with Gasteiger partial charge in [0, 0.05) is 33.6 Å². The van der Waals surface area contributed by atoms with E-state index in [9.17, 15) is 0 Å². The molecule has 4 nitrogen and oxygen atoms in total. The number of halogens is 1. The minimum Gasteiger partial charge on any atom is -0.265 e. The lowest BCUT2D eigenvalue weighted by Gasteiger charge is -2.09. The summed E-state index contributed by atoms with van der Waals surface area (Å²) in [7, 11) is 0. The number of aryl methyl sites for hydroxylation is 1. The number of amidine groups is 1. The molecule has 0 bridgehead atoms. The molecule has 0 aliphatic carbocycles. The molecular formula is C21H17BrN4. The minimum absolute atomic E-state index is 0.729. The Kier molecular flexibility index (Phi) is 4.63. The second-order valence-corrected chi connectivity index (χ2v) is 6.90. The zero-order chi connectivity index (χ0) is 17.9. The lowest BCUT2D eigenvalue weighted by Crippen LogP contribution is -2.19. The van der Waals surface area contributed by atoms with E-state index in [1.54, 1.807) is 12.4 Å². The van der Waals surface area contributed by atoms with Gasteiger partial charge in [-0.15, -0.1) is 0 Å². The molecule has 2 aromatic carbocycles. The SMILES string of the molecule is CCc1ccc2c(c1)C(c1ccncc1)=NNC(c1ccc(Br)cc1)=N2. The predicted molar refractivity (Wildman–Crippen MR) is 109 cm³/mol. The van der Waals surface area contributed by atoms with E-state index in [2.05, 4.69) is 56.6 Å². The Morgan fingerprint density at radius 2 is 1.69 bits per heavy atom. The summed E-state index contributed by atoms with van der Waals surface area (Å²) in [6, 6.07) is 18.3. The van der Waals surface area contributed by atoms with E-state index in [0.717, 1.165) is 44.8 Å². The molecule has 1 N–H and O–H groups in total. The van der Waals surface area contributed by atoms with Crippen molar-refractivity contribution >= 4 is 33.2 Å². The molecule has 1 aliphatic heterocycles. The molecule has 4 rings (SSSR count). The maximum atomic E-state index is 4.85. The summed E-state index contributed by atoms with van der Waals surface area (Å²) in [6.45, 7) is 2.15. The number of pyridine rings is 1. The Morgan fingerprint density at radius 3 is 2.42 bits per heavy atom.